The van der Waals surface area contributed by atoms with Crippen molar-refractivity contribution in [1.82, 2.24) is 4.90 Å². The Morgan fingerprint density at radius 2 is 1.00 bits per heavy atom. The van der Waals surface area contributed by atoms with Gasteiger partial charge in [0, 0.05) is 0 Å². The normalized spacial score (nSPS) is 7.20. The van der Waals surface area contributed by atoms with E-state index in [1.54, 1.807) is 0 Å². The second kappa shape index (κ2) is 16.3. The fraction of sp³-hybridized carbons (Fsp3) is 1.00. The monoisotopic (exact) mass is 159 g/mol. The molecule has 2 N–H and O–H groups in total. The van der Waals surface area contributed by atoms with Gasteiger partial charge in [-0.2, -0.15) is 0 Å². The van der Waals surface area contributed by atoms with E-state index in [0.717, 1.165) is 0 Å². The Balaban J connectivity index is -0.0000000600. The zero-order valence-electron chi connectivity index (χ0n) is 7.17. The molecule has 10 heavy (non-hydrogen) atoms. The van der Waals surface area contributed by atoms with Crippen LogP contribution in [0, 0.1) is 0 Å². The summed E-state index contributed by atoms with van der Waals surface area (Å²) in [6, 6.07) is 0. The summed E-state index contributed by atoms with van der Waals surface area (Å²) in [6.45, 7) is 10.1. The molecule has 0 aromatic heterocycles. The van der Waals surface area contributed by atoms with Crippen molar-refractivity contribution in [3.05, 3.63) is 0 Å². The quantitative estimate of drug-likeness (QED) is 0.567. The third-order valence-electron chi connectivity index (χ3n) is 1.34. The van der Waals surface area contributed by atoms with E-state index >= 15 is 0 Å². The van der Waals surface area contributed by atoms with Gasteiger partial charge in [0.1, 0.15) is 0 Å². The van der Waals surface area contributed by atoms with Crippen LogP contribution in [0.15, 0.2) is 0 Å². The molecule has 0 spiro atoms. The van der Waals surface area contributed by atoms with E-state index in [1.165, 1.54) is 19.6 Å². The average Bonchev–Trinajstić information content (AvgIpc) is 1.72. The van der Waals surface area contributed by atoms with Crippen LogP contribution in [0.25, 0.3) is 0 Å². The van der Waals surface area contributed by atoms with E-state index < -0.39 is 0 Å². The number of rotatable bonds is 3. The van der Waals surface area contributed by atoms with Gasteiger partial charge in [-0.05, 0) is 19.6 Å². The van der Waals surface area contributed by atoms with E-state index in [2.05, 4.69) is 25.7 Å². The van der Waals surface area contributed by atoms with E-state index in [4.69, 9.17) is 0 Å². The van der Waals surface area contributed by atoms with Crippen LogP contribution in [0.3, 0.4) is 0 Å². The molecule has 0 unspecified atom stereocenters. The maximum Gasteiger partial charge on any atom is 2.00 e. The zero-order valence-corrected chi connectivity index (χ0v) is 8.58. The van der Waals surface area contributed by atoms with Gasteiger partial charge >= 0.3 is 23.1 Å². The van der Waals surface area contributed by atoms with Crippen molar-refractivity contribution in [2.24, 2.45) is 0 Å². The van der Waals surface area contributed by atoms with Gasteiger partial charge in [0.2, 0.25) is 0 Å². The Morgan fingerprint density at radius 3 is 1.00 bits per heavy atom. The van der Waals surface area contributed by atoms with Crippen LogP contribution in [0.4, 0.5) is 0 Å². The molecule has 0 fully saturated rings. The predicted octanol–water partition coefficient (Wildman–Crippen LogP) is 0.614. The fourth-order valence-electron chi connectivity index (χ4n) is 0.671. The average molecular weight is 160 g/mol. The minimum atomic E-state index is 0. The third-order valence-corrected chi connectivity index (χ3v) is 1.34. The molecule has 0 aliphatic heterocycles. The van der Waals surface area contributed by atoms with Crippen molar-refractivity contribution in [3.8, 4) is 0 Å². The van der Waals surface area contributed by atoms with Gasteiger partial charge in [0.15, 0.2) is 0 Å². The number of hydrogen-bond acceptors (Lipinski definition) is 3. The minimum absolute atomic E-state index is 0. The summed E-state index contributed by atoms with van der Waals surface area (Å²) >= 11 is 0. The Labute approximate surface area is 79.6 Å². The van der Waals surface area contributed by atoms with Crippen LogP contribution < -0.4 is 0 Å². The second-order valence-electron chi connectivity index (χ2n) is 1.62. The minimum Gasteiger partial charge on any atom is -0.870 e. The van der Waals surface area contributed by atoms with Crippen molar-refractivity contribution in [3.63, 3.8) is 0 Å². The predicted molar refractivity (Wildman–Crippen MR) is 43.1 cm³/mol. The Hall–Kier alpha value is 0.646. The van der Waals surface area contributed by atoms with Crippen molar-refractivity contribution in [1.29, 1.82) is 0 Å². The Bertz CT molecular complexity index is 37.2. The van der Waals surface area contributed by atoms with Crippen LogP contribution in [-0.4, -0.2) is 58.5 Å². The molecular formula is C6H17MgNO2. The van der Waals surface area contributed by atoms with Gasteiger partial charge in [-0.15, -0.1) is 0 Å². The van der Waals surface area contributed by atoms with Crippen LogP contribution >= 0.6 is 0 Å². The van der Waals surface area contributed by atoms with Crippen molar-refractivity contribution in [2.75, 3.05) is 19.6 Å². The van der Waals surface area contributed by atoms with Gasteiger partial charge in [-0.3, -0.25) is 0 Å². The maximum absolute atomic E-state index is 2.38. The van der Waals surface area contributed by atoms with Crippen LogP contribution in [0.1, 0.15) is 20.8 Å². The molecule has 0 bridgehead atoms. The van der Waals surface area contributed by atoms with E-state index in [-0.39, 0.29) is 34.0 Å². The largest absolute Gasteiger partial charge is 2.00 e. The summed E-state index contributed by atoms with van der Waals surface area (Å²) in [5.74, 6) is 0. The maximum atomic E-state index is 2.38. The number of hydrogen-bond donors (Lipinski definition) is 0. The first-order chi connectivity index (χ1) is 3.35. The standard InChI is InChI=1S/C6H15N.Mg.2H2O/c1-4-7(5-2)6-3;;;/h4-6H2,1-3H3;;2*1H2/q;+2;;/p-2. The molecule has 0 amide bonds. The molecule has 0 radical (unpaired) electrons. The van der Waals surface area contributed by atoms with Gasteiger partial charge in [-0.25, -0.2) is 0 Å². The molecule has 3 nitrogen and oxygen atoms in total. The van der Waals surface area contributed by atoms with E-state index in [1.807, 2.05) is 0 Å². The number of nitrogens with zero attached hydrogens (tertiary/aromatic N) is 1. The summed E-state index contributed by atoms with van der Waals surface area (Å²) in [6.07, 6.45) is 0. The van der Waals surface area contributed by atoms with Gasteiger partial charge in [0.05, 0.1) is 0 Å². The van der Waals surface area contributed by atoms with Gasteiger partial charge in [0.25, 0.3) is 0 Å². The van der Waals surface area contributed by atoms with E-state index in [0.29, 0.717) is 0 Å². The van der Waals surface area contributed by atoms with Gasteiger partial charge in [-0.1, -0.05) is 20.8 Å². The van der Waals surface area contributed by atoms with Crippen molar-refractivity contribution < 1.29 is 11.0 Å². The fourth-order valence-corrected chi connectivity index (χ4v) is 0.671. The smallest absolute Gasteiger partial charge is 0.870 e. The topological polar surface area (TPSA) is 63.2 Å². The SMILES string of the molecule is CCN(CC)CC.[Mg+2].[OH-].[OH-]. The Kier molecular flexibility index (Phi) is 36.6. The summed E-state index contributed by atoms with van der Waals surface area (Å²) in [5.41, 5.74) is 0. The molecule has 0 heterocycles. The molecule has 0 aromatic carbocycles. The molecule has 60 valence electrons. The molecule has 0 aromatic rings. The second-order valence-corrected chi connectivity index (χ2v) is 1.62. The first-order valence-corrected chi connectivity index (χ1v) is 3.07. The summed E-state index contributed by atoms with van der Waals surface area (Å²) < 4.78 is 0. The van der Waals surface area contributed by atoms with Crippen LogP contribution in [0.5, 0.6) is 0 Å². The zero-order chi connectivity index (χ0) is 5.70. The van der Waals surface area contributed by atoms with Crippen LogP contribution in [0.2, 0.25) is 0 Å². The molecule has 0 saturated carbocycles. The third kappa shape index (κ3) is 11.4. The molecule has 4 heteroatoms. The molecule has 0 aliphatic carbocycles. The first-order valence-electron chi connectivity index (χ1n) is 3.07. The van der Waals surface area contributed by atoms with Crippen molar-refractivity contribution >= 4 is 23.1 Å². The van der Waals surface area contributed by atoms with Crippen LogP contribution in [-0.2, 0) is 0 Å². The Morgan fingerprint density at radius 1 is 0.800 bits per heavy atom. The summed E-state index contributed by atoms with van der Waals surface area (Å²) in [5, 5.41) is 0. The van der Waals surface area contributed by atoms with E-state index in [9.17, 15) is 0 Å². The summed E-state index contributed by atoms with van der Waals surface area (Å²) in [4.78, 5) is 2.38. The summed E-state index contributed by atoms with van der Waals surface area (Å²) in [7, 11) is 0. The van der Waals surface area contributed by atoms with Crippen molar-refractivity contribution in [2.45, 2.75) is 20.8 Å². The molecular weight excluding hydrogens is 142 g/mol. The van der Waals surface area contributed by atoms with Gasteiger partial charge < -0.3 is 15.9 Å². The first kappa shape index (κ1) is 22.4. The molecule has 0 aliphatic rings. The molecule has 0 atom stereocenters. The molecule has 0 rings (SSSR count). The molecule has 0 saturated heterocycles.